The largest absolute Gasteiger partial charge is 0.316 e. The van der Waals surface area contributed by atoms with Crippen molar-refractivity contribution in [3.63, 3.8) is 0 Å². The molecule has 0 amide bonds. The summed E-state index contributed by atoms with van der Waals surface area (Å²) in [6.07, 6.45) is 2.47. The monoisotopic (exact) mass is 386 g/mol. The van der Waals surface area contributed by atoms with Crippen molar-refractivity contribution in [1.82, 2.24) is 9.62 Å². The fourth-order valence-corrected chi connectivity index (χ4v) is 4.75. The van der Waals surface area contributed by atoms with Crippen LogP contribution in [0.3, 0.4) is 0 Å². The molecular weight excluding hydrogens is 367 g/mol. The van der Waals surface area contributed by atoms with E-state index in [4.69, 9.17) is 0 Å². The number of rotatable bonds is 4. The van der Waals surface area contributed by atoms with Gasteiger partial charge in [-0.15, -0.1) is 12.4 Å². The van der Waals surface area contributed by atoms with E-state index in [2.05, 4.69) is 5.32 Å². The molecule has 132 valence electrons. The highest BCUT2D eigenvalue weighted by atomic mass is 35.5. The Balaban J connectivity index is 0.00000264. The van der Waals surface area contributed by atoms with Gasteiger partial charge in [0, 0.05) is 25.4 Å². The minimum atomic E-state index is -3.83. The lowest BCUT2D eigenvalue weighted by Crippen LogP contribution is -2.46. The first kappa shape index (κ1) is 20.3. The Hall–Kier alpha value is -0.740. The van der Waals surface area contributed by atoms with Crippen LogP contribution < -0.4 is 5.32 Å². The van der Waals surface area contributed by atoms with E-state index in [0.717, 1.165) is 30.9 Å². The van der Waals surface area contributed by atoms with Crippen LogP contribution in [-0.2, 0) is 19.9 Å². The van der Waals surface area contributed by atoms with Crippen molar-refractivity contribution in [3.05, 3.63) is 24.0 Å². The summed E-state index contributed by atoms with van der Waals surface area (Å²) in [5, 5.41) is 3.04. The third-order valence-corrected chi connectivity index (χ3v) is 6.72. The predicted molar refractivity (Wildman–Crippen MR) is 87.6 cm³/mol. The second-order valence-electron chi connectivity index (χ2n) is 5.36. The molecular formula is C13H20ClFN2O4S2. The molecule has 1 aromatic rings. The molecule has 0 saturated carbocycles. The van der Waals surface area contributed by atoms with Crippen molar-refractivity contribution < 1.29 is 21.2 Å². The molecule has 1 atom stereocenters. The fraction of sp³-hybridized carbons (Fsp3) is 0.538. The molecule has 0 aromatic heterocycles. The van der Waals surface area contributed by atoms with Crippen LogP contribution in [0.5, 0.6) is 0 Å². The van der Waals surface area contributed by atoms with E-state index >= 15 is 0 Å². The van der Waals surface area contributed by atoms with Crippen LogP contribution in [0.1, 0.15) is 12.8 Å². The van der Waals surface area contributed by atoms with E-state index in [0.29, 0.717) is 19.5 Å². The van der Waals surface area contributed by atoms with Gasteiger partial charge in [-0.05, 0) is 38.1 Å². The number of halogens is 2. The molecule has 1 aliphatic rings. The number of hydrogen-bond donors (Lipinski definition) is 1. The highest BCUT2D eigenvalue weighted by Gasteiger charge is 2.30. The summed E-state index contributed by atoms with van der Waals surface area (Å²) in [4.78, 5) is -0.729. The maximum absolute atomic E-state index is 13.9. The Kier molecular flexibility index (Phi) is 6.56. The number of nitrogens with one attached hydrogen (secondary N) is 1. The van der Waals surface area contributed by atoms with Crippen molar-refractivity contribution in [2.45, 2.75) is 28.7 Å². The maximum Gasteiger partial charge on any atom is 0.243 e. The molecule has 1 aliphatic heterocycles. The van der Waals surface area contributed by atoms with Crippen molar-refractivity contribution in [1.29, 1.82) is 0 Å². The molecule has 23 heavy (non-hydrogen) atoms. The summed E-state index contributed by atoms with van der Waals surface area (Å²) in [5.41, 5.74) is 0. The molecule has 10 heteroatoms. The lowest BCUT2D eigenvalue weighted by molar-refractivity contribution is 0.292. The average molecular weight is 387 g/mol. The van der Waals surface area contributed by atoms with Crippen LogP contribution >= 0.6 is 12.4 Å². The minimum absolute atomic E-state index is 0. The van der Waals surface area contributed by atoms with Crippen LogP contribution in [0.4, 0.5) is 4.39 Å². The Morgan fingerprint density at radius 3 is 2.43 bits per heavy atom. The van der Waals surface area contributed by atoms with E-state index in [1.807, 2.05) is 0 Å². The molecule has 0 aliphatic carbocycles. The summed E-state index contributed by atoms with van der Waals surface area (Å²) in [5.74, 6) is -1.05. The first-order chi connectivity index (χ1) is 10.2. The SMILES string of the molecule is CNC1CCCN(S(=O)(=O)c2ccc(S(C)(=O)=O)c(F)c2)C1.Cl. The van der Waals surface area contributed by atoms with Crippen LogP contribution in [-0.4, -0.2) is 53.6 Å². The van der Waals surface area contributed by atoms with Gasteiger partial charge in [-0.3, -0.25) is 0 Å². The number of likely N-dealkylation sites (N-methyl/N-ethyl adjacent to an activating group) is 1. The predicted octanol–water partition coefficient (Wildman–Crippen LogP) is 1.02. The van der Waals surface area contributed by atoms with Gasteiger partial charge in [0.15, 0.2) is 9.84 Å². The molecule has 2 rings (SSSR count). The molecule has 1 unspecified atom stereocenters. The molecule has 0 bridgehead atoms. The zero-order chi connectivity index (χ0) is 16.5. The first-order valence-electron chi connectivity index (χ1n) is 6.83. The molecule has 6 nitrogen and oxygen atoms in total. The summed E-state index contributed by atoms with van der Waals surface area (Å²) in [7, 11) is -5.79. The van der Waals surface area contributed by atoms with Gasteiger partial charge in [-0.25, -0.2) is 21.2 Å². The van der Waals surface area contributed by atoms with E-state index in [1.165, 1.54) is 4.31 Å². The van der Waals surface area contributed by atoms with Gasteiger partial charge in [-0.1, -0.05) is 0 Å². The van der Waals surface area contributed by atoms with Crippen molar-refractivity contribution in [3.8, 4) is 0 Å². The fourth-order valence-electron chi connectivity index (χ4n) is 2.49. The van der Waals surface area contributed by atoms with Crippen LogP contribution in [0.25, 0.3) is 0 Å². The number of benzene rings is 1. The van der Waals surface area contributed by atoms with Crippen LogP contribution in [0.15, 0.2) is 28.0 Å². The summed E-state index contributed by atoms with van der Waals surface area (Å²) < 4.78 is 63.1. The van der Waals surface area contributed by atoms with Crippen molar-refractivity contribution >= 4 is 32.3 Å². The topological polar surface area (TPSA) is 83.6 Å². The Morgan fingerprint density at radius 1 is 1.26 bits per heavy atom. The average Bonchev–Trinajstić information content (AvgIpc) is 2.45. The summed E-state index contributed by atoms with van der Waals surface area (Å²) in [6.45, 7) is 0.685. The lowest BCUT2D eigenvalue weighted by atomic mass is 10.1. The molecule has 0 radical (unpaired) electrons. The molecule has 1 N–H and O–H groups in total. The van der Waals surface area contributed by atoms with E-state index in [1.54, 1.807) is 7.05 Å². The zero-order valence-electron chi connectivity index (χ0n) is 12.8. The number of sulfone groups is 1. The molecule has 1 aromatic carbocycles. The highest BCUT2D eigenvalue weighted by Crippen LogP contribution is 2.24. The quantitative estimate of drug-likeness (QED) is 0.835. The Morgan fingerprint density at radius 2 is 1.91 bits per heavy atom. The zero-order valence-corrected chi connectivity index (χ0v) is 15.3. The number of piperidine rings is 1. The first-order valence-corrected chi connectivity index (χ1v) is 10.2. The van der Waals surface area contributed by atoms with Gasteiger partial charge in [0.1, 0.15) is 10.7 Å². The van der Waals surface area contributed by atoms with Gasteiger partial charge in [0.05, 0.1) is 4.90 Å². The molecule has 0 spiro atoms. The van der Waals surface area contributed by atoms with Gasteiger partial charge in [0.2, 0.25) is 10.0 Å². The molecule has 1 saturated heterocycles. The van der Waals surface area contributed by atoms with Crippen LogP contribution in [0, 0.1) is 5.82 Å². The van der Waals surface area contributed by atoms with Crippen molar-refractivity contribution in [2.75, 3.05) is 26.4 Å². The normalized spacial score (nSPS) is 20.0. The smallest absolute Gasteiger partial charge is 0.243 e. The van der Waals surface area contributed by atoms with Gasteiger partial charge in [-0.2, -0.15) is 4.31 Å². The summed E-state index contributed by atoms with van der Waals surface area (Å²) in [6, 6.07) is 2.97. The third-order valence-electron chi connectivity index (χ3n) is 3.73. The third kappa shape index (κ3) is 4.42. The van der Waals surface area contributed by atoms with Crippen molar-refractivity contribution in [2.24, 2.45) is 0 Å². The van der Waals surface area contributed by atoms with Crippen LogP contribution in [0.2, 0.25) is 0 Å². The molecule has 1 heterocycles. The maximum atomic E-state index is 13.9. The Labute approximate surface area is 142 Å². The van der Waals surface area contributed by atoms with Gasteiger partial charge >= 0.3 is 0 Å². The lowest BCUT2D eigenvalue weighted by Gasteiger charge is -2.31. The number of sulfonamides is 1. The molecule has 1 fully saturated rings. The van der Waals surface area contributed by atoms with E-state index < -0.39 is 30.6 Å². The van der Waals surface area contributed by atoms with E-state index in [-0.39, 0.29) is 23.3 Å². The number of hydrogen-bond acceptors (Lipinski definition) is 5. The second-order valence-corrected chi connectivity index (χ2v) is 9.28. The Bertz CT molecular complexity index is 768. The minimum Gasteiger partial charge on any atom is -0.316 e. The highest BCUT2D eigenvalue weighted by molar-refractivity contribution is 7.90. The van der Waals surface area contributed by atoms with Gasteiger partial charge < -0.3 is 5.32 Å². The number of nitrogens with zero attached hydrogens (tertiary/aromatic N) is 1. The summed E-state index contributed by atoms with van der Waals surface area (Å²) >= 11 is 0. The second kappa shape index (κ2) is 7.43. The van der Waals surface area contributed by atoms with Gasteiger partial charge in [0.25, 0.3) is 0 Å². The standard InChI is InChI=1S/C13H19FN2O4S2.ClH/c1-15-10-4-3-7-16(9-10)22(19,20)11-5-6-13(12(14)8-11)21(2,17)18;/h5-6,8,10,15H,3-4,7,9H2,1-2H3;1H. The van der Waals surface area contributed by atoms with E-state index in [9.17, 15) is 21.2 Å².